The number of benzene rings is 1. The average Bonchev–Trinajstić information content (AvgIpc) is 2.49. The topological polar surface area (TPSA) is 37.8 Å². The minimum absolute atomic E-state index is 0.195. The zero-order valence-electron chi connectivity index (χ0n) is 11.6. The SMILES string of the molecule is CNc1nc(Cc2ccccc2F)nc2c1CCCC2. The molecule has 0 saturated carbocycles. The van der Waals surface area contributed by atoms with Crippen molar-refractivity contribution in [3.8, 4) is 0 Å². The van der Waals surface area contributed by atoms with Crippen LogP contribution >= 0.6 is 0 Å². The molecule has 20 heavy (non-hydrogen) atoms. The third kappa shape index (κ3) is 2.50. The molecule has 0 fully saturated rings. The Balaban J connectivity index is 1.96. The number of hydrogen-bond donors (Lipinski definition) is 1. The standard InChI is InChI=1S/C16H18FN3/c1-18-16-12-7-3-5-9-14(12)19-15(20-16)10-11-6-2-4-8-13(11)17/h2,4,6,8H,3,5,7,9-10H2,1H3,(H,18,19,20). The van der Waals surface area contributed by atoms with Gasteiger partial charge in [0.2, 0.25) is 0 Å². The van der Waals surface area contributed by atoms with E-state index in [4.69, 9.17) is 0 Å². The minimum atomic E-state index is -0.195. The molecule has 3 rings (SSSR count). The van der Waals surface area contributed by atoms with E-state index in [0.717, 1.165) is 24.4 Å². The number of aryl methyl sites for hydroxylation is 1. The molecule has 0 saturated heterocycles. The van der Waals surface area contributed by atoms with Crippen LogP contribution in [0.15, 0.2) is 24.3 Å². The molecule has 1 aliphatic carbocycles. The van der Waals surface area contributed by atoms with Gasteiger partial charge in [0.1, 0.15) is 17.5 Å². The smallest absolute Gasteiger partial charge is 0.135 e. The van der Waals surface area contributed by atoms with E-state index in [1.165, 1.54) is 24.5 Å². The normalized spacial score (nSPS) is 13.9. The van der Waals surface area contributed by atoms with Gasteiger partial charge in [0.25, 0.3) is 0 Å². The van der Waals surface area contributed by atoms with Crippen LogP contribution in [0.2, 0.25) is 0 Å². The molecule has 0 aliphatic heterocycles. The summed E-state index contributed by atoms with van der Waals surface area (Å²) in [4.78, 5) is 9.19. The maximum Gasteiger partial charge on any atom is 0.135 e. The molecular weight excluding hydrogens is 253 g/mol. The number of nitrogens with one attached hydrogen (secondary N) is 1. The number of nitrogens with zero attached hydrogens (tertiary/aromatic N) is 2. The van der Waals surface area contributed by atoms with Crippen molar-refractivity contribution in [2.24, 2.45) is 0 Å². The molecule has 0 atom stereocenters. The predicted molar refractivity (Wildman–Crippen MR) is 77.4 cm³/mol. The van der Waals surface area contributed by atoms with Gasteiger partial charge in [0.05, 0.1) is 0 Å². The summed E-state index contributed by atoms with van der Waals surface area (Å²) in [5.41, 5.74) is 3.00. The Labute approximate surface area is 118 Å². The van der Waals surface area contributed by atoms with Crippen LogP contribution in [-0.2, 0) is 19.3 Å². The first-order valence-electron chi connectivity index (χ1n) is 7.07. The highest BCUT2D eigenvalue weighted by Crippen LogP contribution is 2.25. The summed E-state index contributed by atoms with van der Waals surface area (Å²) in [6.45, 7) is 0. The number of fused-ring (bicyclic) bond motifs is 1. The van der Waals surface area contributed by atoms with Crippen LogP contribution in [0.4, 0.5) is 10.2 Å². The molecule has 104 valence electrons. The molecule has 0 radical (unpaired) electrons. The molecule has 1 aromatic heterocycles. The van der Waals surface area contributed by atoms with E-state index in [-0.39, 0.29) is 5.82 Å². The molecule has 0 unspecified atom stereocenters. The molecule has 2 aromatic rings. The van der Waals surface area contributed by atoms with E-state index < -0.39 is 0 Å². The summed E-state index contributed by atoms with van der Waals surface area (Å²) in [6, 6.07) is 6.81. The fourth-order valence-corrected chi connectivity index (χ4v) is 2.74. The molecule has 1 heterocycles. The predicted octanol–water partition coefficient (Wildman–Crippen LogP) is 3.13. The van der Waals surface area contributed by atoms with Crippen molar-refractivity contribution in [1.29, 1.82) is 0 Å². The van der Waals surface area contributed by atoms with Gasteiger partial charge in [0.15, 0.2) is 0 Å². The zero-order valence-corrected chi connectivity index (χ0v) is 11.6. The second kappa shape index (κ2) is 5.57. The van der Waals surface area contributed by atoms with Crippen molar-refractivity contribution in [3.05, 3.63) is 52.7 Å². The Morgan fingerprint density at radius 2 is 1.95 bits per heavy atom. The summed E-state index contributed by atoms with van der Waals surface area (Å²) in [6.07, 6.45) is 4.83. The highest BCUT2D eigenvalue weighted by molar-refractivity contribution is 5.47. The maximum absolute atomic E-state index is 13.7. The molecule has 0 amide bonds. The molecule has 1 N–H and O–H groups in total. The van der Waals surface area contributed by atoms with E-state index in [1.54, 1.807) is 12.1 Å². The van der Waals surface area contributed by atoms with Crippen LogP contribution in [0.5, 0.6) is 0 Å². The lowest BCUT2D eigenvalue weighted by molar-refractivity contribution is 0.610. The number of rotatable bonds is 3. The largest absolute Gasteiger partial charge is 0.373 e. The highest BCUT2D eigenvalue weighted by Gasteiger charge is 2.17. The summed E-state index contributed by atoms with van der Waals surface area (Å²) in [5, 5.41) is 3.15. The van der Waals surface area contributed by atoms with Gasteiger partial charge in [0, 0.05) is 24.7 Å². The molecule has 1 aliphatic rings. The molecule has 0 spiro atoms. The summed E-state index contributed by atoms with van der Waals surface area (Å²) in [7, 11) is 1.88. The lowest BCUT2D eigenvalue weighted by Crippen LogP contribution is -2.13. The number of halogens is 1. The quantitative estimate of drug-likeness (QED) is 0.932. The first-order valence-corrected chi connectivity index (χ1v) is 7.07. The zero-order chi connectivity index (χ0) is 13.9. The van der Waals surface area contributed by atoms with Crippen molar-refractivity contribution in [2.75, 3.05) is 12.4 Å². The van der Waals surface area contributed by atoms with E-state index in [0.29, 0.717) is 17.8 Å². The van der Waals surface area contributed by atoms with Crippen molar-refractivity contribution >= 4 is 5.82 Å². The Hall–Kier alpha value is -1.97. The van der Waals surface area contributed by atoms with Crippen molar-refractivity contribution < 1.29 is 4.39 Å². The van der Waals surface area contributed by atoms with Crippen LogP contribution in [-0.4, -0.2) is 17.0 Å². The second-order valence-corrected chi connectivity index (χ2v) is 5.14. The number of hydrogen-bond acceptors (Lipinski definition) is 3. The van der Waals surface area contributed by atoms with Crippen LogP contribution in [0.25, 0.3) is 0 Å². The van der Waals surface area contributed by atoms with E-state index in [1.807, 2.05) is 13.1 Å². The van der Waals surface area contributed by atoms with Gasteiger partial charge in [-0.25, -0.2) is 14.4 Å². The number of aromatic nitrogens is 2. The van der Waals surface area contributed by atoms with Crippen LogP contribution in [0, 0.1) is 5.82 Å². The summed E-state index contributed by atoms with van der Waals surface area (Å²) in [5.74, 6) is 1.40. The first kappa shape index (κ1) is 13.0. The molecule has 3 nitrogen and oxygen atoms in total. The summed E-state index contributed by atoms with van der Waals surface area (Å²) >= 11 is 0. The van der Waals surface area contributed by atoms with Crippen LogP contribution in [0.3, 0.4) is 0 Å². The third-order valence-electron chi connectivity index (χ3n) is 3.77. The second-order valence-electron chi connectivity index (χ2n) is 5.14. The van der Waals surface area contributed by atoms with Crippen molar-refractivity contribution in [3.63, 3.8) is 0 Å². The maximum atomic E-state index is 13.7. The van der Waals surface area contributed by atoms with E-state index in [9.17, 15) is 4.39 Å². The van der Waals surface area contributed by atoms with Gasteiger partial charge in [-0.3, -0.25) is 0 Å². The van der Waals surface area contributed by atoms with Gasteiger partial charge in [-0.15, -0.1) is 0 Å². The first-order chi connectivity index (χ1) is 9.78. The highest BCUT2D eigenvalue weighted by atomic mass is 19.1. The number of anilines is 1. The van der Waals surface area contributed by atoms with Crippen molar-refractivity contribution in [1.82, 2.24) is 9.97 Å². The van der Waals surface area contributed by atoms with E-state index >= 15 is 0 Å². The van der Waals surface area contributed by atoms with Crippen LogP contribution < -0.4 is 5.32 Å². The third-order valence-corrected chi connectivity index (χ3v) is 3.77. The summed E-state index contributed by atoms with van der Waals surface area (Å²) < 4.78 is 13.7. The van der Waals surface area contributed by atoms with Gasteiger partial charge >= 0.3 is 0 Å². The van der Waals surface area contributed by atoms with Crippen LogP contribution in [0.1, 0.15) is 35.5 Å². The molecule has 1 aromatic carbocycles. The lowest BCUT2D eigenvalue weighted by atomic mass is 9.96. The Kier molecular flexibility index (Phi) is 3.63. The van der Waals surface area contributed by atoms with Gasteiger partial charge < -0.3 is 5.32 Å². The Bertz CT molecular complexity index is 608. The Morgan fingerprint density at radius 1 is 1.15 bits per heavy atom. The average molecular weight is 271 g/mol. The van der Waals surface area contributed by atoms with Gasteiger partial charge in [-0.1, -0.05) is 18.2 Å². The molecular formula is C16H18FN3. The Morgan fingerprint density at radius 3 is 2.75 bits per heavy atom. The fourth-order valence-electron chi connectivity index (χ4n) is 2.74. The minimum Gasteiger partial charge on any atom is -0.373 e. The van der Waals surface area contributed by atoms with Gasteiger partial charge in [-0.05, 0) is 37.3 Å². The fraction of sp³-hybridized carbons (Fsp3) is 0.375. The van der Waals surface area contributed by atoms with Crippen molar-refractivity contribution in [2.45, 2.75) is 32.1 Å². The van der Waals surface area contributed by atoms with Gasteiger partial charge in [-0.2, -0.15) is 0 Å². The molecule has 4 heteroatoms. The van der Waals surface area contributed by atoms with E-state index in [2.05, 4.69) is 15.3 Å². The molecule has 0 bridgehead atoms. The monoisotopic (exact) mass is 271 g/mol. The lowest BCUT2D eigenvalue weighted by Gasteiger charge is -2.18.